The molecule has 12 nitrogen and oxygen atoms in total. The van der Waals surface area contributed by atoms with Gasteiger partial charge in [-0.3, -0.25) is 14.7 Å². The van der Waals surface area contributed by atoms with Gasteiger partial charge in [-0.2, -0.15) is 0 Å². The number of hydrogen-bond donors (Lipinski definition) is 1. The first-order valence-corrected chi connectivity index (χ1v) is 16.5. The number of nitrogens with zero attached hydrogens (tertiary/aromatic N) is 3. The Labute approximate surface area is 272 Å². The van der Waals surface area contributed by atoms with Crippen LogP contribution in [0.15, 0.2) is 4.99 Å². The summed E-state index contributed by atoms with van der Waals surface area (Å²) in [6, 6.07) is -0.867. The Morgan fingerprint density at radius 1 is 1.11 bits per heavy atom. The summed E-state index contributed by atoms with van der Waals surface area (Å²) in [5.41, 5.74) is -4.83. The largest absolute Gasteiger partial charge is 0.455 e. The molecule has 1 N–H and O–H groups in total. The van der Waals surface area contributed by atoms with Gasteiger partial charge in [0.2, 0.25) is 0 Å². The minimum absolute atomic E-state index is 0.212. The minimum atomic E-state index is -3.08. The number of aliphatic hydroxyl groups is 1. The van der Waals surface area contributed by atoms with Crippen molar-refractivity contribution in [1.82, 2.24) is 9.80 Å². The number of methoxy groups -OCH3 is 1. The van der Waals surface area contributed by atoms with Crippen LogP contribution in [0.2, 0.25) is 0 Å². The van der Waals surface area contributed by atoms with Crippen molar-refractivity contribution in [1.29, 1.82) is 0 Å². The molecule has 262 valence electrons. The van der Waals surface area contributed by atoms with Crippen molar-refractivity contribution in [2.75, 3.05) is 34.3 Å². The second kappa shape index (κ2) is 13.4. The zero-order valence-electron chi connectivity index (χ0n) is 29.2. The van der Waals surface area contributed by atoms with E-state index in [0.717, 1.165) is 12.6 Å². The van der Waals surface area contributed by atoms with Crippen LogP contribution in [0.3, 0.4) is 0 Å². The molecular formula is C33H54FN3O9. The van der Waals surface area contributed by atoms with Crippen molar-refractivity contribution >= 4 is 23.6 Å². The van der Waals surface area contributed by atoms with E-state index in [2.05, 4.69) is 0 Å². The Balaban J connectivity index is 1.84. The lowest BCUT2D eigenvalue weighted by atomic mass is 9.73. The maximum absolute atomic E-state index is 16.6. The van der Waals surface area contributed by atoms with Gasteiger partial charge in [-0.25, -0.2) is 14.0 Å². The molecule has 0 radical (unpaired) electrons. The average molecular weight is 656 g/mol. The highest BCUT2D eigenvalue weighted by atomic mass is 19.1. The Morgan fingerprint density at radius 2 is 1.76 bits per heavy atom. The summed E-state index contributed by atoms with van der Waals surface area (Å²) in [6.45, 7) is 14.1. The summed E-state index contributed by atoms with van der Waals surface area (Å²) in [6.07, 6.45) is -4.22. The lowest BCUT2D eigenvalue weighted by molar-refractivity contribution is -0.295. The number of aliphatic hydroxyl groups excluding tert-OH is 1. The summed E-state index contributed by atoms with van der Waals surface area (Å²) < 4.78 is 47.0. The molecule has 13 heteroatoms. The standard InChI is InChI=1S/C33H54FN3O9/c1-12-22-33(8)25-19(4)23(35-13-14-37(25)30(41)46-33)17(2)16-31(6,42-11)27(20(5)26(39)32(7,34)29(40)44-22)45-28-24(38)21(36(9)10)15-18(3)43-28/h17-22,24-25,27-28,38H,12-16H2,1-11H3/t17-,18-,19+,20+,21+,22-,24-,25-,27-,28+,31-,32+,33-/m1/s1. The first-order chi connectivity index (χ1) is 21.3. The molecule has 46 heavy (non-hydrogen) atoms. The van der Waals surface area contributed by atoms with Gasteiger partial charge in [-0.1, -0.05) is 27.7 Å². The molecule has 13 atom stereocenters. The first kappa shape index (κ1) is 36.6. The fraction of sp³-hybridized carbons (Fsp3) is 0.879. The number of alkyl halides is 1. The predicted octanol–water partition coefficient (Wildman–Crippen LogP) is 3.17. The van der Waals surface area contributed by atoms with Crippen molar-refractivity contribution in [3.8, 4) is 0 Å². The number of ketones is 1. The van der Waals surface area contributed by atoms with Crippen LogP contribution in [-0.2, 0) is 33.3 Å². The van der Waals surface area contributed by atoms with Crippen molar-refractivity contribution in [2.24, 2.45) is 22.7 Å². The van der Waals surface area contributed by atoms with Gasteiger partial charge >= 0.3 is 12.1 Å². The molecule has 0 aliphatic carbocycles. The van der Waals surface area contributed by atoms with Crippen molar-refractivity contribution in [3.05, 3.63) is 0 Å². The van der Waals surface area contributed by atoms with Gasteiger partial charge in [-0.05, 0) is 67.0 Å². The van der Waals surface area contributed by atoms with Crippen LogP contribution in [0.4, 0.5) is 9.18 Å². The number of ether oxygens (including phenoxy) is 5. The number of amides is 1. The fourth-order valence-corrected chi connectivity index (χ4v) is 8.31. The topological polar surface area (TPSA) is 136 Å². The van der Waals surface area contributed by atoms with Crippen LogP contribution in [0, 0.1) is 17.8 Å². The molecule has 4 rings (SSSR count). The molecule has 4 aliphatic rings. The molecule has 0 spiro atoms. The highest BCUT2D eigenvalue weighted by Gasteiger charge is 2.61. The molecule has 4 aliphatic heterocycles. The number of esters is 1. The minimum Gasteiger partial charge on any atom is -0.455 e. The summed E-state index contributed by atoms with van der Waals surface area (Å²) >= 11 is 0. The highest BCUT2D eigenvalue weighted by molar-refractivity contribution is 6.08. The molecule has 2 bridgehead atoms. The summed E-state index contributed by atoms with van der Waals surface area (Å²) in [7, 11) is 5.19. The van der Waals surface area contributed by atoms with E-state index in [1.165, 1.54) is 14.0 Å². The van der Waals surface area contributed by atoms with Crippen molar-refractivity contribution < 1.29 is 47.6 Å². The SMILES string of the molecule is CC[C@H]1OC(=O)[C@@](C)(F)C(=O)[C@H](C)[C@@H](O[C@@H]2O[C@H](C)C[C@H](N(C)C)[C@H]2O)[C@](C)(OC)C[C@@H](C)C2=NCCN3C(=O)O[C@@]1(C)[C@H]3[C@H]2C. The number of fused-ring (bicyclic) bond motifs is 1. The predicted molar refractivity (Wildman–Crippen MR) is 167 cm³/mol. The van der Waals surface area contributed by atoms with Gasteiger partial charge in [0.1, 0.15) is 12.2 Å². The molecule has 0 aromatic rings. The number of cyclic esters (lactones) is 1. The second-order valence-electron chi connectivity index (χ2n) is 14.5. The molecule has 1 amide bonds. The van der Waals surface area contributed by atoms with E-state index >= 15 is 4.39 Å². The van der Waals surface area contributed by atoms with Gasteiger partial charge in [0.25, 0.3) is 5.67 Å². The Bertz CT molecular complexity index is 1200. The zero-order valence-corrected chi connectivity index (χ0v) is 29.2. The first-order valence-electron chi connectivity index (χ1n) is 16.5. The van der Waals surface area contributed by atoms with E-state index in [1.807, 2.05) is 39.8 Å². The molecule has 0 aromatic heterocycles. The lowest BCUT2D eigenvalue weighted by Crippen LogP contribution is -2.61. The molecule has 0 saturated carbocycles. The molecule has 3 fully saturated rings. The number of carbonyl (C=O) groups is 3. The molecular weight excluding hydrogens is 601 g/mol. The normalized spacial score (nSPS) is 45.9. The number of halogens is 1. The van der Waals surface area contributed by atoms with Crippen LogP contribution < -0.4 is 0 Å². The number of carbonyl (C=O) groups excluding carboxylic acids is 3. The van der Waals surface area contributed by atoms with Crippen molar-refractivity contribution in [3.63, 3.8) is 0 Å². The highest BCUT2D eigenvalue weighted by Crippen LogP contribution is 2.44. The molecule has 0 unspecified atom stereocenters. The number of aliphatic imine (C=N–C) groups is 1. The van der Waals surface area contributed by atoms with Gasteiger partial charge in [0, 0.05) is 37.2 Å². The molecule has 0 aromatic carbocycles. The molecule has 4 heterocycles. The van der Waals surface area contributed by atoms with E-state index < -0.39 is 71.3 Å². The van der Waals surface area contributed by atoms with Crippen LogP contribution >= 0.6 is 0 Å². The monoisotopic (exact) mass is 655 g/mol. The van der Waals surface area contributed by atoms with E-state index in [0.29, 0.717) is 19.5 Å². The second-order valence-corrected chi connectivity index (χ2v) is 14.5. The third-order valence-electron chi connectivity index (χ3n) is 10.9. The van der Waals surface area contributed by atoms with E-state index in [9.17, 15) is 19.5 Å². The summed E-state index contributed by atoms with van der Waals surface area (Å²) in [4.78, 5) is 49.3. The van der Waals surface area contributed by atoms with E-state index in [1.54, 1.807) is 25.7 Å². The number of likely N-dealkylation sites (N-methyl/N-ethyl adjacent to an activating group) is 1. The van der Waals surface area contributed by atoms with Gasteiger partial charge in [0.05, 0.1) is 30.4 Å². The maximum Gasteiger partial charge on any atom is 0.410 e. The number of rotatable bonds is 5. The van der Waals surface area contributed by atoms with E-state index in [-0.39, 0.29) is 36.8 Å². The third kappa shape index (κ3) is 6.34. The van der Waals surface area contributed by atoms with Crippen LogP contribution in [0.1, 0.15) is 74.7 Å². The van der Waals surface area contributed by atoms with E-state index in [4.69, 9.17) is 28.7 Å². The Kier molecular flexibility index (Phi) is 10.7. The van der Waals surface area contributed by atoms with Gasteiger partial charge in [0.15, 0.2) is 17.7 Å². The average Bonchev–Trinajstić information content (AvgIpc) is 3.11. The van der Waals surface area contributed by atoms with Crippen molar-refractivity contribution in [2.45, 2.75) is 134 Å². The fourth-order valence-electron chi connectivity index (χ4n) is 8.31. The Hall–Kier alpha value is -2.19. The maximum atomic E-state index is 16.6. The number of Topliss-reactive ketones (excluding diaryl/α,β-unsaturated/α-hetero) is 1. The summed E-state index contributed by atoms with van der Waals surface area (Å²) in [5.74, 6) is -4.26. The molecule has 3 saturated heterocycles. The quantitative estimate of drug-likeness (QED) is 0.348. The van der Waals surface area contributed by atoms with Gasteiger partial charge in [-0.15, -0.1) is 0 Å². The van der Waals surface area contributed by atoms with Crippen LogP contribution in [-0.4, -0.2) is 132 Å². The Morgan fingerprint density at radius 3 is 2.35 bits per heavy atom. The smallest absolute Gasteiger partial charge is 0.410 e. The van der Waals surface area contributed by atoms with Crippen LogP contribution in [0.25, 0.3) is 0 Å². The van der Waals surface area contributed by atoms with Gasteiger partial charge < -0.3 is 33.7 Å². The van der Waals surface area contributed by atoms with Crippen LogP contribution in [0.5, 0.6) is 0 Å². The zero-order chi connectivity index (χ0) is 34.5. The lowest BCUT2D eigenvalue weighted by Gasteiger charge is -2.47. The number of hydrogen-bond acceptors (Lipinski definition) is 11. The third-order valence-corrected chi connectivity index (χ3v) is 10.9. The summed E-state index contributed by atoms with van der Waals surface area (Å²) in [5, 5.41) is 11.3.